The van der Waals surface area contributed by atoms with Gasteiger partial charge in [0.05, 0.1) is 32.8 Å². The van der Waals surface area contributed by atoms with Crippen molar-refractivity contribution in [2.45, 2.75) is 12.8 Å². The van der Waals surface area contributed by atoms with Gasteiger partial charge in [0.2, 0.25) is 5.91 Å². The topological polar surface area (TPSA) is 45.0 Å². The molecule has 4 nitrogen and oxygen atoms in total. The second-order valence-electron chi connectivity index (χ2n) is 5.09. The van der Waals surface area contributed by atoms with Crippen LogP contribution in [0.4, 0.5) is 0 Å². The van der Waals surface area contributed by atoms with Crippen molar-refractivity contribution in [1.82, 2.24) is 4.90 Å². The molecule has 0 aromatic heterocycles. The Hall–Kier alpha value is -1.39. The molecule has 1 aromatic rings. The lowest BCUT2D eigenvalue weighted by Gasteiger charge is -2.32. The third kappa shape index (κ3) is 4.33. The van der Waals surface area contributed by atoms with Crippen LogP contribution in [0.2, 0.25) is 0 Å². The van der Waals surface area contributed by atoms with E-state index in [1.807, 2.05) is 23.1 Å². The van der Waals surface area contributed by atoms with Gasteiger partial charge in [-0.1, -0.05) is 30.3 Å². The predicted molar refractivity (Wildman–Crippen MR) is 74.0 cm³/mol. The number of aliphatic hydroxyl groups excluding tert-OH is 1. The van der Waals surface area contributed by atoms with E-state index in [1.54, 1.807) is 0 Å². The number of nitrogens with one attached hydrogen (secondary N) is 1. The Balaban J connectivity index is 1.73. The number of aryl methyl sites for hydroxylation is 1. The highest BCUT2D eigenvalue weighted by Gasteiger charge is 2.22. The van der Waals surface area contributed by atoms with Crippen molar-refractivity contribution in [1.29, 1.82) is 0 Å². The summed E-state index contributed by atoms with van der Waals surface area (Å²) in [6.07, 6.45) is 1.42. The van der Waals surface area contributed by atoms with E-state index < -0.39 is 0 Å². The summed E-state index contributed by atoms with van der Waals surface area (Å²) in [6.45, 7) is 4.59. The molecule has 0 aliphatic carbocycles. The first-order chi connectivity index (χ1) is 9.29. The number of aliphatic hydroxyl groups is 1. The molecule has 1 aliphatic heterocycles. The maximum absolute atomic E-state index is 12.1. The molecule has 19 heavy (non-hydrogen) atoms. The van der Waals surface area contributed by atoms with Gasteiger partial charge in [0, 0.05) is 6.42 Å². The maximum atomic E-state index is 12.1. The van der Waals surface area contributed by atoms with Gasteiger partial charge < -0.3 is 14.9 Å². The Morgan fingerprint density at radius 3 is 2.53 bits per heavy atom. The SMILES string of the molecule is O=C(CCc1ccccc1)N1CC[NH+](CCO)CC1. The molecule has 2 N–H and O–H groups in total. The van der Waals surface area contributed by atoms with Gasteiger partial charge in [0.1, 0.15) is 6.54 Å². The second kappa shape index (κ2) is 7.26. The molecule has 1 aliphatic rings. The van der Waals surface area contributed by atoms with E-state index in [4.69, 9.17) is 5.11 Å². The molecule has 2 rings (SSSR count). The Labute approximate surface area is 114 Å². The minimum atomic E-state index is 0.233. The van der Waals surface area contributed by atoms with Crippen LogP contribution in [-0.2, 0) is 11.2 Å². The average molecular weight is 263 g/mol. The van der Waals surface area contributed by atoms with Crippen molar-refractivity contribution in [2.75, 3.05) is 39.3 Å². The fourth-order valence-corrected chi connectivity index (χ4v) is 2.53. The highest BCUT2D eigenvalue weighted by Crippen LogP contribution is 2.05. The number of carbonyl (C=O) groups is 1. The third-order valence-corrected chi connectivity index (χ3v) is 3.76. The molecule has 1 fully saturated rings. The number of nitrogens with zero attached hydrogens (tertiary/aromatic N) is 1. The van der Waals surface area contributed by atoms with Crippen molar-refractivity contribution in [2.24, 2.45) is 0 Å². The molecular formula is C15H23N2O2+. The van der Waals surface area contributed by atoms with E-state index >= 15 is 0 Å². The lowest BCUT2D eigenvalue weighted by molar-refractivity contribution is -0.904. The molecule has 1 aromatic carbocycles. The summed E-state index contributed by atoms with van der Waals surface area (Å²) in [5, 5.41) is 8.90. The van der Waals surface area contributed by atoms with Crippen LogP contribution in [0.3, 0.4) is 0 Å². The van der Waals surface area contributed by atoms with E-state index in [0.29, 0.717) is 6.42 Å². The van der Waals surface area contributed by atoms with Gasteiger partial charge in [-0.15, -0.1) is 0 Å². The highest BCUT2D eigenvalue weighted by molar-refractivity contribution is 5.76. The number of benzene rings is 1. The highest BCUT2D eigenvalue weighted by atomic mass is 16.3. The Bertz CT molecular complexity index is 386. The zero-order valence-electron chi connectivity index (χ0n) is 11.3. The third-order valence-electron chi connectivity index (χ3n) is 3.76. The summed E-state index contributed by atoms with van der Waals surface area (Å²) in [5.74, 6) is 0.256. The van der Waals surface area contributed by atoms with Crippen LogP contribution in [0.5, 0.6) is 0 Å². The number of carbonyl (C=O) groups excluding carboxylic acids is 1. The van der Waals surface area contributed by atoms with Crippen LogP contribution >= 0.6 is 0 Å². The fourth-order valence-electron chi connectivity index (χ4n) is 2.53. The van der Waals surface area contributed by atoms with Crippen molar-refractivity contribution in [3.63, 3.8) is 0 Å². The molecular weight excluding hydrogens is 240 g/mol. The first-order valence-electron chi connectivity index (χ1n) is 7.05. The first-order valence-corrected chi connectivity index (χ1v) is 7.05. The lowest BCUT2D eigenvalue weighted by Crippen LogP contribution is -3.15. The van der Waals surface area contributed by atoms with Gasteiger partial charge in [-0.05, 0) is 12.0 Å². The van der Waals surface area contributed by atoms with E-state index in [9.17, 15) is 4.79 Å². The minimum absolute atomic E-state index is 0.233. The van der Waals surface area contributed by atoms with Gasteiger partial charge in [-0.25, -0.2) is 0 Å². The quantitative estimate of drug-likeness (QED) is 0.741. The monoisotopic (exact) mass is 263 g/mol. The number of hydrogen-bond donors (Lipinski definition) is 2. The van der Waals surface area contributed by atoms with E-state index in [0.717, 1.165) is 39.1 Å². The van der Waals surface area contributed by atoms with E-state index in [-0.39, 0.29) is 12.5 Å². The first kappa shape index (κ1) is 14.0. The van der Waals surface area contributed by atoms with E-state index in [1.165, 1.54) is 10.5 Å². The number of amides is 1. The number of hydrogen-bond acceptors (Lipinski definition) is 2. The average Bonchev–Trinajstić information content (AvgIpc) is 2.47. The smallest absolute Gasteiger partial charge is 0.223 e. The Kier molecular flexibility index (Phi) is 5.36. The fraction of sp³-hybridized carbons (Fsp3) is 0.533. The summed E-state index contributed by atoms with van der Waals surface area (Å²) < 4.78 is 0. The molecule has 4 heteroatoms. The molecule has 0 radical (unpaired) electrons. The molecule has 0 spiro atoms. The largest absolute Gasteiger partial charge is 0.391 e. The number of quaternary nitrogens is 1. The molecule has 1 amide bonds. The number of piperazine rings is 1. The Morgan fingerprint density at radius 1 is 1.21 bits per heavy atom. The van der Waals surface area contributed by atoms with Gasteiger partial charge in [-0.2, -0.15) is 0 Å². The zero-order chi connectivity index (χ0) is 13.5. The molecule has 0 atom stereocenters. The summed E-state index contributed by atoms with van der Waals surface area (Å²) in [6, 6.07) is 10.1. The van der Waals surface area contributed by atoms with Crippen molar-refractivity contribution in [3.8, 4) is 0 Å². The molecule has 0 bridgehead atoms. The van der Waals surface area contributed by atoms with Crippen LogP contribution in [0, 0.1) is 0 Å². The molecule has 104 valence electrons. The summed E-state index contributed by atoms with van der Waals surface area (Å²) in [5.41, 5.74) is 1.22. The molecule has 0 unspecified atom stereocenters. The lowest BCUT2D eigenvalue weighted by atomic mass is 10.1. The number of rotatable bonds is 5. The van der Waals surface area contributed by atoms with Crippen LogP contribution in [0.1, 0.15) is 12.0 Å². The molecule has 1 heterocycles. The normalized spacial score (nSPS) is 16.6. The predicted octanol–water partition coefficient (Wildman–Crippen LogP) is -0.661. The summed E-state index contributed by atoms with van der Waals surface area (Å²) in [7, 11) is 0. The van der Waals surface area contributed by atoms with Crippen LogP contribution in [0.25, 0.3) is 0 Å². The van der Waals surface area contributed by atoms with Crippen LogP contribution in [0.15, 0.2) is 30.3 Å². The minimum Gasteiger partial charge on any atom is -0.391 e. The molecule has 1 saturated heterocycles. The zero-order valence-corrected chi connectivity index (χ0v) is 11.3. The van der Waals surface area contributed by atoms with Gasteiger partial charge >= 0.3 is 0 Å². The van der Waals surface area contributed by atoms with Gasteiger partial charge in [0.25, 0.3) is 0 Å². The maximum Gasteiger partial charge on any atom is 0.223 e. The van der Waals surface area contributed by atoms with Crippen molar-refractivity contribution < 1.29 is 14.8 Å². The summed E-state index contributed by atoms with van der Waals surface area (Å²) >= 11 is 0. The molecule has 0 saturated carbocycles. The van der Waals surface area contributed by atoms with Crippen LogP contribution < -0.4 is 4.90 Å². The Morgan fingerprint density at radius 2 is 1.89 bits per heavy atom. The van der Waals surface area contributed by atoms with Gasteiger partial charge in [0.15, 0.2) is 0 Å². The second-order valence-corrected chi connectivity index (χ2v) is 5.09. The van der Waals surface area contributed by atoms with Crippen molar-refractivity contribution >= 4 is 5.91 Å². The van der Waals surface area contributed by atoms with Gasteiger partial charge in [-0.3, -0.25) is 4.79 Å². The van der Waals surface area contributed by atoms with Crippen molar-refractivity contribution in [3.05, 3.63) is 35.9 Å². The standard InChI is InChI=1S/C15H22N2O2/c18-13-12-16-8-10-17(11-9-16)15(19)7-6-14-4-2-1-3-5-14/h1-5,18H,6-13H2/p+1. The summed E-state index contributed by atoms with van der Waals surface area (Å²) in [4.78, 5) is 15.5. The van der Waals surface area contributed by atoms with Crippen LogP contribution in [-0.4, -0.2) is 55.2 Å². The van der Waals surface area contributed by atoms with E-state index in [2.05, 4.69) is 12.1 Å².